The first-order valence-corrected chi connectivity index (χ1v) is 7.96. The van der Waals surface area contributed by atoms with Gasteiger partial charge in [0.1, 0.15) is 11.5 Å². The van der Waals surface area contributed by atoms with Crippen LogP contribution in [-0.4, -0.2) is 24.3 Å². The molecule has 0 aromatic heterocycles. The first-order chi connectivity index (χ1) is 11.5. The van der Waals surface area contributed by atoms with E-state index in [1.165, 1.54) is 0 Å². The summed E-state index contributed by atoms with van der Waals surface area (Å²) in [7, 11) is 0. The Morgan fingerprint density at radius 1 is 1.00 bits per heavy atom. The Morgan fingerprint density at radius 2 is 1.58 bits per heavy atom. The summed E-state index contributed by atoms with van der Waals surface area (Å²) in [6.07, 6.45) is 1.67. The molecule has 0 atom stereocenters. The van der Waals surface area contributed by atoms with Crippen molar-refractivity contribution in [1.82, 2.24) is 0 Å². The highest BCUT2D eigenvalue weighted by Crippen LogP contribution is 2.26. The van der Waals surface area contributed by atoms with Crippen LogP contribution >= 0.6 is 0 Å². The number of carbonyl (C=O) groups is 1. The smallest absolute Gasteiger partial charge is 0.336 e. The van der Waals surface area contributed by atoms with Crippen molar-refractivity contribution >= 4 is 17.6 Å². The van der Waals surface area contributed by atoms with Gasteiger partial charge in [-0.2, -0.15) is 0 Å². The van der Waals surface area contributed by atoms with Gasteiger partial charge in [0.25, 0.3) is 0 Å². The van der Waals surface area contributed by atoms with Crippen LogP contribution in [0.2, 0.25) is 0 Å². The lowest BCUT2D eigenvalue weighted by Crippen LogP contribution is -2.02. The fourth-order valence-corrected chi connectivity index (χ4v) is 2.44. The van der Waals surface area contributed by atoms with E-state index in [1.54, 1.807) is 18.2 Å². The predicted molar refractivity (Wildman–Crippen MR) is 95.5 cm³/mol. The van der Waals surface area contributed by atoms with Crippen LogP contribution in [0.1, 0.15) is 30.5 Å². The van der Waals surface area contributed by atoms with Gasteiger partial charge in [-0.3, -0.25) is 0 Å². The molecule has 0 saturated carbocycles. The quantitative estimate of drug-likeness (QED) is 0.604. The second-order valence-electron chi connectivity index (χ2n) is 5.27. The molecule has 1 N–H and O–H groups in total. The van der Waals surface area contributed by atoms with Crippen molar-refractivity contribution in [3.05, 3.63) is 59.2 Å². The molecule has 0 amide bonds. The molecule has 0 spiro atoms. The summed E-state index contributed by atoms with van der Waals surface area (Å²) in [5.41, 5.74) is 2.60. The first-order valence-electron chi connectivity index (χ1n) is 7.96. The Hall–Kier alpha value is -2.75. The number of carboxylic acid groups (broad SMARTS) is 1. The van der Waals surface area contributed by atoms with Crippen LogP contribution in [0.15, 0.2) is 42.5 Å². The molecule has 4 nitrogen and oxygen atoms in total. The minimum atomic E-state index is -0.962. The minimum absolute atomic E-state index is 0.250. The Bertz CT molecular complexity index is 730. The lowest BCUT2D eigenvalue weighted by molar-refractivity contribution is -0.130. The molecule has 0 aliphatic carbocycles. The van der Waals surface area contributed by atoms with Gasteiger partial charge in [0.15, 0.2) is 0 Å². The molecule has 24 heavy (non-hydrogen) atoms. The first kappa shape index (κ1) is 17.6. The van der Waals surface area contributed by atoms with E-state index in [9.17, 15) is 9.90 Å². The summed E-state index contributed by atoms with van der Waals surface area (Å²) in [5, 5.41) is 9.60. The van der Waals surface area contributed by atoms with Crippen LogP contribution in [0.4, 0.5) is 0 Å². The summed E-state index contributed by atoms with van der Waals surface area (Å²) in [4.78, 5) is 11.7. The molecule has 126 valence electrons. The number of aryl methyl sites for hydroxylation is 1. The van der Waals surface area contributed by atoms with Gasteiger partial charge in [-0.25, -0.2) is 4.79 Å². The largest absolute Gasteiger partial charge is 0.494 e. The van der Waals surface area contributed by atoms with Crippen LogP contribution < -0.4 is 9.47 Å². The third-order valence-corrected chi connectivity index (χ3v) is 3.53. The number of hydrogen-bond donors (Lipinski definition) is 1. The fraction of sp³-hybridized carbons (Fsp3) is 0.250. The Labute approximate surface area is 142 Å². The van der Waals surface area contributed by atoms with Crippen molar-refractivity contribution in [1.29, 1.82) is 0 Å². The molecule has 2 rings (SSSR count). The lowest BCUT2D eigenvalue weighted by Gasteiger charge is -2.10. The molecule has 2 aromatic carbocycles. The fourth-order valence-electron chi connectivity index (χ4n) is 2.44. The van der Waals surface area contributed by atoms with Gasteiger partial charge < -0.3 is 14.6 Å². The summed E-state index contributed by atoms with van der Waals surface area (Å²) < 4.78 is 10.9. The zero-order chi connectivity index (χ0) is 17.5. The average molecular weight is 326 g/mol. The Morgan fingerprint density at radius 3 is 2.12 bits per heavy atom. The van der Waals surface area contributed by atoms with E-state index in [0.29, 0.717) is 18.8 Å². The van der Waals surface area contributed by atoms with Gasteiger partial charge >= 0.3 is 5.97 Å². The second-order valence-corrected chi connectivity index (χ2v) is 5.27. The van der Waals surface area contributed by atoms with Crippen molar-refractivity contribution in [3.63, 3.8) is 0 Å². The predicted octanol–water partition coefficient (Wildman–Crippen LogP) is 4.42. The van der Waals surface area contributed by atoms with Crippen LogP contribution in [0, 0.1) is 6.92 Å². The number of rotatable bonds is 7. The standard InChI is InChI=1S/C20H22O4/c1-4-23-16-8-6-15(7-9-16)13-19(20(21)22)18-11-10-17(24-5-2)12-14(18)3/h6-13H,4-5H2,1-3H3,(H,21,22)/b19-13-. The molecular formula is C20H22O4. The third kappa shape index (κ3) is 4.38. The normalized spacial score (nSPS) is 11.2. The van der Waals surface area contributed by atoms with Gasteiger partial charge in [-0.1, -0.05) is 18.2 Å². The molecule has 0 radical (unpaired) electrons. The number of aliphatic carboxylic acids is 1. The highest BCUT2D eigenvalue weighted by atomic mass is 16.5. The van der Waals surface area contributed by atoms with Crippen LogP contribution in [-0.2, 0) is 4.79 Å². The molecule has 2 aromatic rings. The third-order valence-electron chi connectivity index (χ3n) is 3.53. The SMILES string of the molecule is CCOc1ccc(/C=C(\C(=O)O)c2ccc(OCC)cc2C)cc1. The van der Waals surface area contributed by atoms with Crippen molar-refractivity contribution in [3.8, 4) is 11.5 Å². The van der Waals surface area contributed by atoms with E-state index < -0.39 is 5.97 Å². The van der Waals surface area contributed by atoms with E-state index in [0.717, 1.165) is 22.6 Å². The summed E-state index contributed by atoms with van der Waals surface area (Å²) >= 11 is 0. The number of carboxylic acids is 1. The molecule has 4 heteroatoms. The monoisotopic (exact) mass is 326 g/mol. The lowest BCUT2D eigenvalue weighted by atomic mass is 9.98. The van der Waals surface area contributed by atoms with Crippen LogP contribution in [0.3, 0.4) is 0 Å². The average Bonchev–Trinajstić information content (AvgIpc) is 2.55. The number of ether oxygens (including phenoxy) is 2. The van der Waals surface area contributed by atoms with Crippen molar-refractivity contribution in [2.24, 2.45) is 0 Å². The molecule has 0 bridgehead atoms. The summed E-state index contributed by atoms with van der Waals surface area (Å²) in [5.74, 6) is 0.546. The maximum atomic E-state index is 11.7. The van der Waals surface area contributed by atoms with Gasteiger partial charge in [0, 0.05) is 0 Å². The van der Waals surface area contributed by atoms with Crippen molar-refractivity contribution < 1.29 is 19.4 Å². The second kappa shape index (κ2) is 8.20. The molecule has 0 aliphatic heterocycles. The van der Waals surface area contributed by atoms with Crippen LogP contribution in [0.5, 0.6) is 11.5 Å². The van der Waals surface area contributed by atoms with E-state index >= 15 is 0 Å². The number of benzene rings is 2. The van der Waals surface area contributed by atoms with E-state index in [-0.39, 0.29) is 5.57 Å². The number of hydrogen-bond acceptors (Lipinski definition) is 3. The van der Waals surface area contributed by atoms with E-state index in [4.69, 9.17) is 9.47 Å². The molecule has 0 heterocycles. The van der Waals surface area contributed by atoms with Gasteiger partial charge in [-0.15, -0.1) is 0 Å². The van der Waals surface area contributed by atoms with Crippen molar-refractivity contribution in [2.45, 2.75) is 20.8 Å². The molecular weight excluding hydrogens is 304 g/mol. The topological polar surface area (TPSA) is 55.8 Å². The van der Waals surface area contributed by atoms with Gasteiger partial charge in [-0.05, 0) is 67.8 Å². The van der Waals surface area contributed by atoms with Crippen LogP contribution in [0.25, 0.3) is 11.6 Å². The van der Waals surface area contributed by atoms with Gasteiger partial charge in [0.2, 0.25) is 0 Å². The molecule has 0 unspecified atom stereocenters. The van der Waals surface area contributed by atoms with Crippen molar-refractivity contribution in [2.75, 3.05) is 13.2 Å². The zero-order valence-electron chi connectivity index (χ0n) is 14.2. The highest BCUT2D eigenvalue weighted by molar-refractivity contribution is 6.21. The van der Waals surface area contributed by atoms with E-state index in [2.05, 4.69) is 0 Å². The Balaban J connectivity index is 2.37. The molecule has 0 aliphatic rings. The maximum absolute atomic E-state index is 11.7. The molecule has 0 saturated heterocycles. The highest BCUT2D eigenvalue weighted by Gasteiger charge is 2.13. The van der Waals surface area contributed by atoms with E-state index in [1.807, 2.05) is 51.1 Å². The summed E-state index contributed by atoms with van der Waals surface area (Å²) in [6.45, 7) is 6.89. The maximum Gasteiger partial charge on any atom is 0.336 e. The Kier molecular flexibility index (Phi) is 6.01. The minimum Gasteiger partial charge on any atom is -0.494 e. The zero-order valence-corrected chi connectivity index (χ0v) is 14.2. The summed E-state index contributed by atoms with van der Waals surface area (Å²) in [6, 6.07) is 12.8. The van der Waals surface area contributed by atoms with Gasteiger partial charge in [0.05, 0.1) is 18.8 Å². The molecule has 0 fully saturated rings.